The maximum atomic E-state index is 5.57. The Morgan fingerprint density at radius 2 is 1.44 bits per heavy atom. The Hall–Kier alpha value is 0.503. The van der Waals surface area contributed by atoms with E-state index in [4.69, 9.17) is 3.76 Å². The van der Waals surface area contributed by atoms with Gasteiger partial charge in [-0.2, -0.15) is 0 Å². The van der Waals surface area contributed by atoms with E-state index in [0.29, 0.717) is 16.9 Å². The maximum absolute atomic E-state index is 5.57. The Labute approximate surface area is 66.7 Å². The van der Waals surface area contributed by atoms with Crippen LogP contribution < -0.4 is 0 Å². The fourth-order valence-corrected chi connectivity index (χ4v) is 3.00. The van der Waals surface area contributed by atoms with E-state index in [1.165, 1.54) is 19.3 Å². The number of hydrogen-bond acceptors (Lipinski definition) is 1. The van der Waals surface area contributed by atoms with Gasteiger partial charge in [-0.05, 0) is 0 Å². The minimum absolute atomic E-state index is 0.250. The van der Waals surface area contributed by atoms with Crippen LogP contribution >= 0.6 is 0 Å². The van der Waals surface area contributed by atoms with E-state index in [-0.39, 0.29) is 5.60 Å². The van der Waals surface area contributed by atoms with Crippen molar-refractivity contribution >= 4 is 16.9 Å². The molecular weight excluding hydrogens is 173 g/mol. The molecule has 2 heteroatoms. The third-order valence-electron chi connectivity index (χ3n) is 2.37. The first-order chi connectivity index (χ1) is 4.24. The second-order valence-electron chi connectivity index (χ2n) is 2.45. The molecule has 9 heavy (non-hydrogen) atoms. The van der Waals surface area contributed by atoms with Gasteiger partial charge in [-0.1, -0.05) is 0 Å². The van der Waals surface area contributed by atoms with Crippen LogP contribution in [0.4, 0.5) is 0 Å². The van der Waals surface area contributed by atoms with E-state index in [2.05, 4.69) is 20.8 Å². The van der Waals surface area contributed by atoms with Gasteiger partial charge in [0.25, 0.3) is 0 Å². The zero-order chi connectivity index (χ0) is 7.33. The summed E-state index contributed by atoms with van der Waals surface area (Å²) in [6.45, 7) is 6.62. The van der Waals surface area contributed by atoms with Crippen LogP contribution in [0.5, 0.6) is 0 Å². The van der Waals surface area contributed by atoms with E-state index >= 15 is 0 Å². The average molecular weight is 191 g/mol. The van der Waals surface area contributed by atoms with Gasteiger partial charge < -0.3 is 0 Å². The molecule has 0 aliphatic carbocycles. The normalized spacial score (nSPS) is 12.3. The summed E-state index contributed by atoms with van der Waals surface area (Å²) in [5, 5.41) is 0. The summed E-state index contributed by atoms with van der Waals surface area (Å²) in [4.78, 5) is 0. The molecule has 0 bridgehead atoms. The molecule has 56 valence electrons. The molecule has 0 unspecified atom stereocenters. The summed E-state index contributed by atoms with van der Waals surface area (Å²) >= 11 is 0.551. The first-order valence-electron chi connectivity index (χ1n) is 3.79. The number of hydrogen-bond donors (Lipinski definition) is 0. The molecule has 0 rings (SSSR count). The second-order valence-corrected chi connectivity index (χ2v) is 3.30. The molecule has 0 saturated heterocycles. The van der Waals surface area contributed by atoms with Gasteiger partial charge in [0.1, 0.15) is 0 Å². The topological polar surface area (TPSA) is 9.23 Å². The van der Waals surface area contributed by atoms with E-state index in [0.717, 1.165) is 0 Å². The monoisotopic (exact) mass is 192 g/mol. The van der Waals surface area contributed by atoms with Gasteiger partial charge in [0.2, 0.25) is 0 Å². The van der Waals surface area contributed by atoms with Crippen molar-refractivity contribution < 1.29 is 3.76 Å². The quantitative estimate of drug-likeness (QED) is 0.607. The van der Waals surface area contributed by atoms with Gasteiger partial charge in [-0.3, -0.25) is 0 Å². The molecule has 0 saturated carbocycles. The molecule has 1 nitrogen and oxygen atoms in total. The van der Waals surface area contributed by atoms with Crippen LogP contribution in [-0.2, 0) is 3.76 Å². The van der Waals surface area contributed by atoms with E-state index < -0.39 is 0 Å². The van der Waals surface area contributed by atoms with Crippen molar-refractivity contribution in [3.05, 3.63) is 0 Å². The zero-order valence-corrected chi connectivity index (χ0v) is 11.2. The summed E-state index contributed by atoms with van der Waals surface area (Å²) in [5.41, 5.74) is 0.250. The molecule has 0 atom stereocenters. The molecule has 0 spiro atoms. The Kier molecular flexibility index (Phi) is 4.58. The van der Waals surface area contributed by atoms with Gasteiger partial charge in [0, 0.05) is 0 Å². The van der Waals surface area contributed by atoms with Crippen molar-refractivity contribution in [3.63, 3.8) is 0 Å². The van der Waals surface area contributed by atoms with Crippen molar-refractivity contribution in [3.8, 4) is 0 Å². The standard InChI is InChI=1S/C7H18GeO/c1-4-7(5-2,6-3)9-8/h4-6H2,1-3,8H3. The third-order valence-corrected chi connectivity index (χ3v) is 4.18. The van der Waals surface area contributed by atoms with Crippen molar-refractivity contribution in [1.82, 2.24) is 0 Å². The first-order valence-corrected chi connectivity index (χ1v) is 5.51. The summed E-state index contributed by atoms with van der Waals surface area (Å²) in [7, 11) is 0. The van der Waals surface area contributed by atoms with Gasteiger partial charge in [0.15, 0.2) is 0 Å². The van der Waals surface area contributed by atoms with Gasteiger partial charge >= 0.3 is 66.2 Å². The molecule has 0 N–H and O–H groups in total. The van der Waals surface area contributed by atoms with Crippen LogP contribution in [0.15, 0.2) is 0 Å². The zero-order valence-electron chi connectivity index (χ0n) is 7.03. The Morgan fingerprint density at radius 3 is 1.44 bits per heavy atom. The van der Waals surface area contributed by atoms with Crippen molar-refractivity contribution in [1.29, 1.82) is 0 Å². The van der Waals surface area contributed by atoms with Crippen molar-refractivity contribution in [2.75, 3.05) is 0 Å². The van der Waals surface area contributed by atoms with Crippen LogP contribution in [0.1, 0.15) is 40.0 Å². The van der Waals surface area contributed by atoms with Gasteiger partial charge in [-0.25, -0.2) is 0 Å². The second kappa shape index (κ2) is 4.34. The molecular formula is C7H18GeO. The molecule has 0 aliphatic heterocycles. The SMILES string of the molecule is CCC(CC)(CC)[O][GeH3]. The summed E-state index contributed by atoms with van der Waals surface area (Å²) < 4.78 is 5.57. The molecule has 0 aromatic heterocycles. The molecule has 0 radical (unpaired) electrons. The molecule has 0 heterocycles. The van der Waals surface area contributed by atoms with E-state index in [1.807, 2.05) is 0 Å². The minimum atomic E-state index is 0.250. The van der Waals surface area contributed by atoms with Gasteiger partial charge in [-0.15, -0.1) is 0 Å². The molecule has 0 aromatic carbocycles. The van der Waals surface area contributed by atoms with Crippen LogP contribution in [0, 0.1) is 0 Å². The van der Waals surface area contributed by atoms with Crippen molar-refractivity contribution in [2.24, 2.45) is 0 Å². The van der Waals surface area contributed by atoms with Crippen LogP contribution in [0.25, 0.3) is 0 Å². The van der Waals surface area contributed by atoms with Crippen molar-refractivity contribution in [2.45, 2.75) is 45.6 Å². The third kappa shape index (κ3) is 2.30. The molecule has 0 aliphatic rings. The fourth-order valence-electron chi connectivity index (χ4n) is 1.18. The molecule has 0 amide bonds. The first kappa shape index (κ1) is 9.50. The number of rotatable bonds is 4. The summed E-state index contributed by atoms with van der Waals surface area (Å²) in [6, 6.07) is 0. The molecule has 0 aromatic rings. The predicted octanol–water partition coefficient (Wildman–Crippen LogP) is 1.25. The Balaban J connectivity index is 3.82. The predicted molar refractivity (Wildman–Crippen MR) is 44.6 cm³/mol. The summed E-state index contributed by atoms with van der Waals surface area (Å²) in [5.74, 6) is 0. The van der Waals surface area contributed by atoms with E-state index in [9.17, 15) is 0 Å². The summed E-state index contributed by atoms with van der Waals surface area (Å²) in [6.07, 6.45) is 3.51. The van der Waals surface area contributed by atoms with Crippen LogP contribution in [0.2, 0.25) is 0 Å². The molecule has 0 fully saturated rings. The van der Waals surface area contributed by atoms with E-state index in [1.54, 1.807) is 0 Å². The van der Waals surface area contributed by atoms with Crippen LogP contribution in [0.3, 0.4) is 0 Å². The Bertz CT molecular complexity index is 51.8. The Morgan fingerprint density at radius 1 is 1.11 bits per heavy atom. The van der Waals surface area contributed by atoms with Crippen LogP contribution in [-0.4, -0.2) is 22.5 Å². The van der Waals surface area contributed by atoms with Gasteiger partial charge in [0.05, 0.1) is 0 Å². The fraction of sp³-hybridized carbons (Fsp3) is 1.00. The average Bonchev–Trinajstić information content (AvgIpc) is 1.95.